The fraction of sp³-hybridized carbons (Fsp3) is 0.692. The number of ether oxygens (including phenoxy) is 1. The number of carbonyl (C=O) groups is 2. The van der Waals surface area contributed by atoms with Gasteiger partial charge in [0.2, 0.25) is 11.6 Å². The molecule has 0 atom stereocenters. The van der Waals surface area contributed by atoms with Gasteiger partial charge >= 0.3 is 0 Å². The average Bonchev–Trinajstić information content (AvgIpc) is 3.27. The summed E-state index contributed by atoms with van der Waals surface area (Å²) < 4.78 is 6.82. The lowest BCUT2D eigenvalue weighted by atomic mass is 9.53. The molecule has 1 aromatic carbocycles. The SMILES string of the molecule is CC1(CN2C(=O)c3ccccc3C2=O)CCC2(CC1)OOC1(O2)C2CC3CC(C2)CC1C3. The van der Waals surface area contributed by atoms with Crippen LogP contribution in [-0.4, -0.2) is 34.8 Å². The number of imide groups is 1. The standard InChI is InChI=1S/C26H31NO5/c1-24(15-27-22(28)20-4-2-3-5-21(20)23(27)29)6-8-25(9-7-24)30-26(32-31-25)18-11-16-10-17(13-18)14-19(26)12-16/h2-5,16-19H,6-15H2,1H3. The summed E-state index contributed by atoms with van der Waals surface area (Å²) in [6.45, 7) is 2.62. The van der Waals surface area contributed by atoms with Crippen LogP contribution in [0.15, 0.2) is 24.3 Å². The van der Waals surface area contributed by atoms with Crippen LogP contribution in [0.4, 0.5) is 0 Å². The molecular weight excluding hydrogens is 406 g/mol. The van der Waals surface area contributed by atoms with Crippen LogP contribution in [0.3, 0.4) is 0 Å². The zero-order valence-electron chi connectivity index (χ0n) is 18.7. The van der Waals surface area contributed by atoms with Gasteiger partial charge in [-0.3, -0.25) is 14.5 Å². The Balaban J connectivity index is 1.05. The summed E-state index contributed by atoms with van der Waals surface area (Å²) in [7, 11) is 0. The fourth-order valence-corrected chi connectivity index (χ4v) is 7.95. The Morgan fingerprint density at radius 1 is 0.844 bits per heavy atom. The van der Waals surface area contributed by atoms with Gasteiger partial charge in [0.15, 0.2) is 0 Å². The largest absolute Gasteiger partial charge is 0.312 e. The van der Waals surface area contributed by atoms with Crippen molar-refractivity contribution in [2.75, 3.05) is 6.54 Å². The molecule has 2 spiro atoms. The molecule has 5 aliphatic carbocycles. The molecule has 6 fully saturated rings. The molecular formula is C26H31NO5. The van der Waals surface area contributed by atoms with E-state index in [0.717, 1.165) is 37.5 Å². The van der Waals surface area contributed by atoms with Gasteiger partial charge in [0, 0.05) is 31.2 Å². The number of rotatable bonds is 2. The number of benzene rings is 1. The summed E-state index contributed by atoms with van der Waals surface area (Å²) >= 11 is 0. The maximum atomic E-state index is 12.9. The van der Waals surface area contributed by atoms with Gasteiger partial charge in [-0.05, 0) is 74.3 Å². The third kappa shape index (κ3) is 2.63. The zero-order valence-corrected chi connectivity index (χ0v) is 18.7. The minimum atomic E-state index is -0.670. The van der Waals surface area contributed by atoms with Crippen LogP contribution in [0.25, 0.3) is 0 Å². The van der Waals surface area contributed by atoms with Crippen molar-refractivity contribution in [1.29, 1.82) is 0 Å². The second kappa shape index (κ2) is 6.43. The van der Waals surface area contributed by atoms with Gasteiger partial charge in [-0.15, -0.1) is 0 Å². The first-order chi connectivity index (χ1) is 15.4. The van der Waals surface area contributed by atoms with Crippen molar-refractivity contribution in [3.05, 3.63) is 35.4 Å². The highest BCUT2D eigenvalue weighted by molar-refractivity contribution is 6.21. The third-order valence-electron chi connectivity index (χ3n) is 9.58. The van der Waals surface area contributed by atoms with Gasteiger partial charge in [0.25, 0.3) is 11.8 Å². The molecule has 5 saturated carbocycles. The van der Waals surface area contributed by atoms with Gasteiger partial charge in [0.05, 0.1) is 11.1 Å². The molecule has 170 valence electrons. The van der Waals surface area contributed by atoms with Gasteiger partial charge in [-0.2, -0.15) is 9.78 Å². The quantitative estimate of drug-likeness (QED) is 0.496. The number of amides is 2. The molecule has 2 aliphatic heterocycles. The van der Waals surface area contributed by atoms with Crippen LogP contribution in [-0.2, 0) is 14.5 Å². The van der Waals surface area contributed by atoms with E-state index in [-0.39, 0.29) is 17.2 Å². The molecule has 0 aromatic heterocycles. The van der Waals surface area contributed by atoms with Crippen molar-refractivity contribution in [2.24, 2.45) is 29.1 Å². The van der Waals surface area contributed by atoms with Crippen LogP contribution in [0.5, 0.6) is 0 Å². The van der Waals surface area contributed by atoms with E-state index in [9.17, 15) is 9.59 Å². The first-order valence-electron chi connectivity index (χ1n) is 12.4. The molecule has 1 aromatic rings. The number of fused-ring (bicyclic) bond motifs is 1. The highest BCUT2D eigenvalue weighted by Gasteiger charge is 2.67. The molecule has 6 nitrogen and oxygen atoms in total. The number of hydrogen-bond donors (Lipinski definition) is 0. The minimum absolute atomic E-state index is 0.148. The van der Waals surface area contributed by atoms with Crippen molar-refractivity contribution in [3.8, 4) is 0 Å². The van der Waals surface area contributed by atoms with Gasteiger partial charge in [0.1, 0.15) is 0 Å². The Bertz CT molecular complexity index is 931. The van der Waals surface area contributed by atoms with Crippen LogP contribution in [0.2, 0.25) is 0 Å². The lowest BCUT2D eigenvalue weighted by Gasteiger charge is -2.57. The van der Waals surface area contributed by atoms with Crippen molar-refractivity contribution >= 4 is 11.8 Å². The summed E-state index contributed by atoms with van der Waals surface area (Å²) in [5.74, 6) is 1.07. The Hall–Kier alpha value is -1.76. The Morgan fingerprint density at radius 2 is 1.41 bits per heavy atom. The minimum Gasteiger partial charge on any atom is -0.312 e. The maximum absolute atomic E-state index is 12.9. The van der Waals surface area contributed by atoms with E-state index in [1.807, 2.05) is 12.1 Å². The molecule has 0 radical (unpaired) electrons. The first-order valence-corrected chi connectivity index (χ1v) is 12.4. The van der Waals surface area contributed by atoms with E-state index in [4.69, 9.17) is 14.5 Å². The van der Waals surface area contributed by atoms with Crippen molar-refractivity contribution in [3.63, 3.8) is 0 Å². The van der Waals surface area contributed by atoms with E-state index in [1.165, 1.54) is 37.0 Å². The van der Waals surface area contributed by atoms with Crippen LogP contribution >= 0.6 is 0 Å². The van der Waals surface area contributed by atoms with E-state index in [1.54, 1.807) is 12.1 Å². The first kappa shape index (κ1) is 19.7. The summed E-state index contributed by atoms with van der Waals surface area (Å²) in [5, 5.41) is 0. The number of hydrogen-bond acceptors (Lipinski definition) is 5. The summed E-state index contributed by atoms with van der Waals surface area (Å²) in [6.07, 6.45) is 9.38. The van der Waals surface area contributed by atoms with E-state index in [2.05, 4.69) is 6.92 Å². The van der Waals surface area contributed by atoms with Gasteiger partial charge in [-0.1, -0.05) is 19.1 Å². The van der Waals surface area contributed by atoms with Crippen molar-refractivity contribution in [2.45, 2.75) is 76.3 Å². The predicted molar refractivity (Wildman–Crippen MR) is 114 cm³/mol. The lowest BCUT2D eigenvalue weighted by molar-refractivity contribution is -0.390. The Morgan fingerprint density at radius 3 is 1.97 bits per heavy atom. The maximum Gasteiger partial charge on any atom is 0.261 e. The fourth-order valence-electron chi connectivity index (χ4n) is 7.95. The number of carbonyl (C=O) groups excluding carboxylic acids is 2. The Labute approximate surface area is 188 Å². The van der Waals surface area contributed by atoms with E-state index >= 15 is 0 Å². The molecule has 2 amide bonds. The lowest BCUT2D eigenvalue weighted by Crippen LogP contribution is -2.59. The molecule has 32 heavy (non-hydrogen) atoms. The monoisotopic (exact) mass is 437 g/mol. The van der Waals surface area contributed by atoms with Gasteiger partial charge in [-0.25, -0.2) is 0 Å². The number of nitrogens with zero attached hydrogens (tertiary/aromatic N) is 1. The van der Waals surface area contributed by atoms with Crippen molar-refractivity contribution in [1.82, 2.24) is 4.90 Å². The van der Waals surface area contributed by atoms with E-state index in [0.29, 0.717) is 29.5 Å². The normalized spacial score (nSPS) is 46.6. The topological polar surface area (TPSA) is 65.1 Å². The smallest absolute Gasteiger partial charge is 0.261 e. The molecule has 0 N–H and O–H groups in total. The molecule has 1 saturated heterocycles. The predicted octanol–water partition coefficient (Wildman–Crippen LogP) is 4.69. The molecule has 7 aliphatic rings. The summed E-state index contributed by atoms with van der Waals surface area (Å²) in [5.41, 5.74) is 0.895. The van der Waals surface area contributed by atoms with E-state index < -0.39 is 11.6 Å². The highest BCUT2D eigenvalue weighted by atomic mass is 17.3. The second-order valence-corrected chi connectivity index (χ2v) is 11.8. The van der Waals surface area contributed by atoms with Crippen LogP contribution in [0, 0.1) is 29.1 Å². The molecule has 4 bridgehead atoms. The van der Waals surface area contributed by atoms with Crippen LogP contribution in [0.1, 0.15) is 85.4 Å². The molecule has 8 rings (SSSR count). The highest BCUT2D eigenvalue weighted by Crippen LogP contribution is 2.64. The average molecular weight is 438 g/mol. The second-order valence-electron chi connectivity index (χ2n) is 11.8. The van der Waals surface area contributed by atoms with Crippen molar-refractivity contribution < 1.29 is 24.1 Å². The summed E-state index contributed by atoms with van der Waals surface area (Å²) in [6, 6.07) is 7.12. The molecule has 0 unspecified atom stereocenters. The summed E-state index contributed by atoms with van der Waals surface area (Å²) in [4.78, 5) is 39.3. The van der Waals surface area contributed by atoms with Gasteiger partial charge < -0.3 is 4.74 Å². The van der Waals surface area contributed by atoms with Crippen LogP contribution < -0.4 is 0 Å². The molecule has 2 heterocycles. The molecule has 6 heteroatoms. The Kier molecular flexibility index (Phi) is 3.95. The zero-order chi connectivity index (χ0) is 21.7. The third-order valence-corrected chi connectivity index (χ3v) is 9.58.